The molecule has 1 fully saturated rings. The first kappa shape index (κ1) is 16.0. The molecular weight excluding hydrogens is 288 g/mol. The van der Waals surface area contributed by atoms with Crippen LogP contribution in [0.3, 0.4) is 0 Å². The van der Waals surface area contributed by atoms with Gasteiger partial charge in [0, 0.05) is 12.2 Å². The highest BCUT2D eigenvalue weighted by Crippen LogP contribution is 2.44. The summed E-state index contributed by atoms with van der Waals surface area (Å²) < 4.78 is 5.08. The van der Waals surface area contributed by atoms with Crippen molar-refractivity contribution >= 4 is 28.9 Å². The minimum absolute atomic E-state index is 0.323. The van der Waals surface area contributed by atoms with Crippen LogP contribution in [-0.4, -0.2) is 19.1 Å². The number of carbonyl (C=O) groups is 1. The van der Waals surface area contributed by atoms with Crippen LogP contribution in [0.5, 0.6) is 0 Å². The average Bonchev–Trinajstić information content (AvgIpc) is 2.39. The zero-order chi connectivity index (χ0) is 15.5. The lowest BCUT2D eigenvalue weighted by Gasteiger charge is -2.41. The zero-order valence-corrected chi connectivity index (χ0v) is 13.4. The van der Waals surface area contributed by atoms with E-state index in [4.69, 9.17) is 22.1 Å². The number of carbonyl (C=O) groups excluding carboxylic acids is 1. The molecule has 1 aromatic carbocycles. The van der Waals surface area contributed by atoms with Crippen molar-refractivity contribution < 1.29 is 9.53 Å². The van der Waals surface area contributed by atoms with Gasteiger partial charge in [0.05, 0.1) is 22.9 Å². The van der Waals surface area contributed by atoms with Crippen molar-refractivity contribution in [3.63, 3.8) is 0 Å². The molecule has 2 rings (SSSR count). The van der Waals surface area contributed by atoms with Gasteiger partial charge < -0.3 is 15.8 Å². The fourth-order valence-electron chi connectivity index (χ4n) is 2.79. The van der Waals surface area contributed by atoms with Gasteiger partial charge in [-0.05, 0) is 43.7 Å². The number of hydrogen-bond acceptors (Lipinski definition) is 4. The van der Waals surface area contributed by atoms with Crippen molar-refractivity contribution in [2.24, 2.45) is 5.41 Å². The fraction of sp³-hybridized carbons (Fsp3) is 0.562. The summed E-state index contributed by atoms with van der Waals surface area (Å²) in [6.07, 6.45) is 4.84. The van der Waals surface area contributed by atoms with Crippen LogP contribution in [0.2, 0.25) is 5.02 Å². The second kappa shape index (κ2) is 6.56. The summed E-state index contributed by atoms with van der Waals surface area (Å²) >= 11 is 6.26. The van der Waals surface area contributed by atoms with Crippen LogP contribution >= 0.6 is 11.6 Å². The molecule has 0 radical (unpaired) electrons. The van der Waals surface area contributed by atoms with Gasteiger partial charge in [0.2, 0.25) is 0 Å². The van der Waals surface area contributed by atoms with E-state index in [2.05, 4.69) is 12.2 Å². The summed E-state index contributed by atoms with van der Waals surface area (Å²) in [5, 5.41) is 3.82. The second-order valence-electron chi connectivity index (χ2n) is 5.71. The minimum Gasteiger partial charge on any atom is -0.462 e. The summed E-state index contributed by atoms with van der Waals surface area (Å²) in [6.45, 7) is 5.13. The number of nitrogen functional groups attached to an aromatic ring is 1. The van der Waals surface area contributed by atoms with Crippen LogP contribution in [0.25, 0.3) is 0 Å². The first-order chi connectivity index (χ1) is 10.0. The van der Waals surface area contributed by atoms with E-state index in [1.54, 1.807) is 19.1 Å². The number of rotatable bonds is 6. The predicted molar refractivity (Wildman–Crippen MR) is 86.9 cm³/mol. The van der Waals surface area contributed by atoms with E-state index >= 15 is 0 Å². The monoisotopic (exact) mass is 310 g/mol. The predicted octanol–water partition coefficient (Wildman–Crippen LogP) is 4.09. The highest BCUT2D eigenvalue weighted by atomic mass is 35.5. The molecule has 0 atom stereocenters. The van der Waals surface area contributed by atoms with E-state index in [1.165, 1.54) is 19.3 Å². The molecule has 3 N–H and O–H groups in total. The van der Waals surface area contributed by atoms with E-state index in [-0.39, 0.29) is 0 Å². The van der Waals surface area contributed by atoms with Gasteiger partial charge >= 0.3 is 5.97 Å². The molecule has 0 spiro atoms. The molecule has 4 nitrogen and oxygen atoms in total. The molecule has 1 aromatic rings. The number of halogens is 1. The third-order valence-electron chi connectivity index (χ3n) is 4.41. The molecule has 0 unspecified atom stereocenters. The van der Waals surface area contributed by atoms with Gasteiger partial charge in [-0.1, -0.05) is 24.9 Å². The van der Waals surface area contributed by atoms with E-state index in [1.807, 2.05) is 0 Å². The van der Waals surface area contributed by atoms with Gasteiger partial charge in [0.25, 0.3) is 0 Å². The Morgan fingerprint density at radius 1 is 1.43 bits per heavy atom. The summed E-state index contributed by atoms with van der Waals surface area (Å²) in [5.41, 5.74) is 7.62. The van der Waals surface area contributed by atoms with Gasteiger partial charge in [-0.25, -0.2) is 4.79 Å². The van der Waals surface area contributed by atoms with Crippen molar-refractivity contribution in [1.82, 2.24) is 0 Å². The molecular formula is C16H23ClN2O2. The summed E-state index contributed by atoms with van der Waals surface area (Å²) in [5.74, 6) is -0.395. The Morgan fingerprint density at radius 2 is 2.14 bits per heavy atom. The number of hydrogen-bond donors (Lipinski definition) is 2. The van der Waals surface area contributed by atoms with Crippen LogP contribution < -0.4 is 11.1 Å². The average molecular weight is 311 g/mol. The van der Waals surface area contributed by atoms with Crippen LogP contribution in [0.15, 0.2) is 12.1 Å². The molecule has 116 valence electrons. The van der Waals surface area contributed by atoms with E-state index < -0.39 is 5.97 Å². The first-order valence-electron chi connectivity index (χ1n) is 7.51. The van der Waals surface area contributed by atoms with Crippen LogP contribution in [0, 0.1) is 5.41 Å². The smallest absolute Gasteiger partial charge is 0.340 e. The summed E-state index contributed by atoms with van der Waals surface area (Å²) in [4.78, 5) is 12.1. The van der Waals surface area contributed by atoms with Gasteiger partial charge in [-0.15, -0.1) is 0 Å². The molecule has 5 heteroatoms. The third kappa shape index (κ3) is 3.43. The number of nitrogens with two attached hydrogens (primary N) is 1. The summed E-state index contributed by atoms with van der Waals surface area (Å²) in [6, 6.07) is 3.28. The highest BCUT2D eigenvalue weighted by molar-refractivity contribution is 6.34. The molecule has 0 aliphatic heterocycles. The van der Waals surface area contributed by atoms with E-state index in [9.17, 15) is 4.79 Å². The van der Waals surface area contributed by atoms with Gasteiger partial charge in [0.15, 0.2) is 0 Å². The number of benzene rings is 1. The van der Waals surface area contributed by atoms with E-state index in [0.717, 1.165) is 13.0 Å². The van der Waals surface area contributed by atoms with E-state index in [0.29, 0.717) is 34.0 Å². The lowest BCUT2D eigenvalue weighted by Crippen LogP contribution is -2.36. The Labute approximate surface area is 131 Å². The molecule has 0 heterocycles. The maximum Gasteiger partial charge on any atom is 0.340 e. The Balaban J connectivity index is 2.22. The number of ether oxygens (including phenoxy) is 1. The second-order valence-corrected chi connectivity index (χ2v) is 6.11. The van der Waals surface area contributed by atoms with Crippen molar-refractivity contribution in [3.8, 4) is 0 Å². The van der Waals surface area contributed by atoms with Crippen molar-refractivity contribution in [1.29, 1.82) is 0 Å². The summed E-state index contributed by atoms with van der Waals surface area (Å²) in [7, 11) is 0. The molecule has 1 aliphatic carbocycles. The largest absolute Gasteiger partial charge is 0.462 e. The Bertz CT molecular complexity index is 522. The SMILES string of the molecule is CCOC(=O)c1cc(N)cc(Cl)c1NCC1(CC)CCC1. The molecule has 1 saturated carbocycles. The van der Waals surface area contributed by atoms with Gasteiger partial charge in [-0.3, -0.25) is 0 Å². The Hall–Kier alpha value is -1.42. The highest BCUT2D eigenvalue weighted by Gasteiger charge is 2.35. The molecule has 0 aromatic heterocycles. The van der Waals surface area contributed by atoms with Crippen LogP contribution in [0.4, 0.5) is 11.4 Å². The standard InChI is InChI=1S/C16H23ClN2O2/c1-3-16(6-5-7-16)10-19-14-12(15(20)21-4-2)8-11(18)9-13(14)17/h8-9,19H,3-7,10,18H2,1-2H3. The minimum atomic E-state index is -0.395. The molecule has 21 heavy (non-hydrogen) atoms. The van der Waals surface area contributed by atoms with Crippen molar-refractivity contribution in [3.05, 3.63) is 22.7 Å². The maximum absolute atomic E-state index is 12.1. The number of anilines is 2. The third-order valence-corrected chi connectivity index (χ3v) is 4.71. The van der Waals surface area contributed by atoms with Crippen molar-refractivity contribution in [2.75, 3.05) is 24.2 Å². The number of nitrogens with one attached hydrogen (secondary N) is 1. The molecule has 0 bridgehead atoms. The Kier molecular flexibility index (Phi) is 4.99. The van der Waals surface area contributed by atoms with Crippen LogP contribution in [0.1, 0.15) is 49.9 Å². The lowest BCUT2D eigenvalue weighted by atomic mass is 9.67. The normalized spacial score (nSPS) is 16.1. The molecule has 1 aliphatic rings. The molecule has 0 saturated heterocycles. The topological polar surface area (TPSA) is 64.3 Å². The van der Waals surface area contributed by atoms with Gasteiger partial charge in [0.1, 0.15) is 0 Å². The van der Waals surface area contributed by atoms with Crippen LogP contribution in [-0.2, 0) is 4.74 Å². The number of esters is 1. The molecule has 0 amide bonds. The quantitative estimate of drug-likeness (QED) is 0.613. The maximum atomic E-state index is 12.1. The first-order valence-corrected chi connectivity index (χ1v) is 7.89. The fourth-order valence-corrected chi connectivity index (χ4v) is 3.08. The van der Waals surface area contributed by atoms with Crippen molar-refractivity contribution in [2.45, 2.75) is 39.5 Å². The lowest BCUT2D eigenvalue weighted by molar-refractivity contribution is 0.0527. The van der Waals surface area contributed by atoms with Gasteiger partial charge in [-0.2, -0.15) is 0 Å². The zero-order valence-electron chi connectivity index (χ0n) is 12.7. The Morgan fingerprint density at radius 3 is 2.67 bits per heavy atom.